The first-order valence-corrected chi connectivity index (χ1v) is 8.45. The molecule has 0 bridgehead atoms. The summed E-state index contributed by atoms with van der Waals surface area (Å²) >= 11 is 1.98. The number of hydrogen-bond acceptors (Lipinski definition) is 3. The van der Waals surface area contributed by atoms with Crippen LogP contribution in [-0.2, 0) is 4.74 Å². The summed E-state index contributed by atoms with van der Waals surface area (Å²) in [5, 5.41) is 0. The molecule has 1 fully saturated rings. The van der Waals surface area contributed by atoms with Crippen molar-refractivity contribution in [2.24, 2.45) is 5.73 Å². The highest BCUT2D eigenvalue weighted by atomic mass is 32.2. The van der Waals surface area contributed by atoms with Crippen LogP contribution in [0.3, 0.4) is 0 Å². The summed E-state index contributed by atoms with van der Waals surface area (Å²) in [4.78, 5) is 0. The van der Waals surface area contributed by atoms with Gasteiger partial charge in [-0.3, -0.25) is 0 Å². The van der Waals surface area contributed by atoms with Gasteiger partial charge in [-0.1, -0.05) is 51.9 Å². The SMILES string of the molecule is CCCCCCCCCC(N)C1CSCCO1. The fourth-order valence-corrected chi connectivity index (χ4v) is 3.23. The van der Waals surface area contributed by atoms with Crippen molar-refractivity contribution in [1.29, 1.82) is 0 Å². The molecule has 2 nitrogen and oxygen atoms in total. The highest BCUT2D eigenvalue weighted by molar-refractivity contribution is 7.99. The lowest BCUT2D eigenvalue weighted by atomic mass is 10.0. The van der Waals surface area contributed by atoms with Crippen LogP contribution in [0.2, 0.25) is 0 Å². The van der Waals surface area contributed by atoms with Gasteiger partial charge in [0.25, 0.3) is 0 Å². The molecule has 0 saturated carbocycles. The molecule has 102 valence electrons. The van der Waals surface area contributed by atoms with Gasteiger partial charge in [-0.25, -0.2) is 0 Å². The quantitative estimate of drug-likeness (QED) is 0.643. The molecule has 0 amide bonds. The predicted octanol–water partition coefficient (Wildman–Crippen LogP) is 3.59. The van der Waals surface area contributed by atoms with Crippen LogP contribution in [0.5, 0.6) is 0 Å². The number of thioether (sulfide) groups is 1. The molecule has 1 aliphatic rings. The molecular weight excluding hydrogens is 230 g/mol. The lowest BCUT2D eigenvalue weighted by molar-refractivity contribution is 0.0544. The van der Waals surface area contributed by atoms with Crippen molar-refractivity contribution in [3.05, 3.63) is 0 Å². The third-order valence-corrected chi connectivity index (χ3v) is 4.48. The molecule has 1 heterocycles. The van der Waals surface area contributed by atoms with E-state index in [0.717, 1.165) is 24.5 Å². The second-order valence-electron chi connectivity index (χ2n) is 5.06. The highest BCUT2D eigenvalue weighted by Gasteiger charge is 2.20. The summed E-state index contributed by atoms with van der Waals surface area (Å²) in [5.41, 5.74) is 6.17. The zero-order valence-corrected chi connectivity index (χ0v) is 12.1. The number of hydrogen-bond donors (Lipinski definition) is 1. The van der Waals surface area contributed by atoms with E-state index in [0.29, 0.717) is 6.10 Å². The Balaban J connectivity index is 1.90. The molecule has 0 aliphatic carbocycles. The van der Waals surface area contributed by atoms with Crippen LogP contribution in [-0.4, -0.2) is 30.3 Å². The lowest BCUT2D eigenvalue weighted by Gasteiger charge is -2.27. The molecule has 2 N–H and O–H groups in total. The number of nitrogens with two attached hydrogens (primary N) is 1. The molecule has 0 aromatic rings. The van der Waals surface area contributed by atoms with Crippen LogP contribution in [0.25, 0.3) is 0 Å². The Morgan fingerprint density at radius 1 is 1.18 bits per heavy atom. The zero-order valence-electron chi connectivity index (χ0n) is 11.3. The number of unbranched alkanes of at least 4 members (excludes halogenated alkanes) is 6. The zero-order chi connectivity index (χ0) is 12.3. The highest BCUT2D eigenvalue weighted by Crippen LogP contribution is 2.18. The average Bonchev–Trinajstić information content (AvgIpc) is 2.38. The van der Waals surface area contributed by atoms with Gasteiger partial charge in [-0.2, -0.15) is 11.8 Å². The molecule has 1 saturated heterocycles. The molecule has 0 radical (unpaired) electrons. The maximum absolute atomic E-state index is 6.17. The van der Waals surface area contributed by atoms with E-state index in [-0.39, 0.29) is 6.04 Å². The van der Waals surface area contributed by atoms with E-state index in [2.05, 4.69) is 6.92 Å². The first-order valence-electron chi connectivity index (χ1n) is 7.29. The third-order valence-electron chi connectivity index (χ3n) is 3.46. The minimum atomic E-state index is 0.262. The molecule has 2 unspecified atom stereocenters. The van der Waals surface area contributed by atoms with Crippen molar-refractivity contribution in [2.45, 2.75) is 70.4 Å². The second-order valence-corrected chi connectivity index (χ2v) is 6.21. The monoisotopic (exact) mass is 259 g/mol. The van der Waals surface area contributed by atoms with E-state index in [1.165, 1.54) is 44.9 Å². The Morgan fingerprint density at radius 2 is 1.88 bits per heavy atom. The average molecular weight is 259 g/mol. The largest absolute Gasteiger partial charge is 0.375 e. The maximum Gasteiger partial charge on any atom is 0.0816 e. The Hall–Kier alpha value is 0.270. The van der Waals surface area contributed by atoms with Crippen LogP contribution in [0.4, 0.5) is 0 Å². The fraction of sp³-hybridized carbons (Fsp3) is 1.00. The van der Waals surface area contributed by atoms with Crippen molar-refractivity contribution in [1.82, 2.24) is 0 Å². The molecule has 1 aliphatic heterocycles. The van der Waals surface area contributed by atoms with E-state index < -0.39 is 0 Å². The smallest absolute Gasteiger partial charge is 0.0816 e. The normalized spacial score (nSPS) is 22.6. The minimum Gasteiger partial charge on any atom is -0.375 e. The van der Waals surface area contributed by atoms with Crippen molar-refractivity contribution in [3.63, 3.8) is 0 Å². The Kier molecular flexibility index (Phi) is 9.21. The maximum atomic E-state index is 6.17. The van der Waals surface area contributed by atoms with Crippen LogP contribution in [0, 0.1) is 0 Å². The number of ether oxygens (including phenoxy) is 1. The van der Waals surface area contributed by atoms with Gasteiger partial charge < -0.3 is 10.5 Å². The van der Waals surface area contributed by atoms with Gasteiger partial charge in [-0.05, 0) is 6.42 Å². The van der Waals surface area contributed by atoms with E-state index in [1.807, 2.05) is 11.8 Å². The van der Waals surface area contributed by atoms with Crippen LogP contribution in [0.15, 0.2) is 0 Å². The third kappa shape index (κ3) is 7.32. The van der Waals surface area contributed by atoms with Gasteiger partial charge in [0.1, 0.15) is 0 Å². The molecule has 0 aromatic heterocycles. The molecular formula is C14H29NOS. The van der Waals surface area contributed by atoms with E-state index in [9.17, 15) is 0 Å². The van der Waals surface area contributed by atoms with Gasteiger partial charge in [0.15, 0.2) is 0 Å². The standard InChI is InChI=1S/C14H29NOS/c1-2-3-4-5-6-7-8-9-13(15)14-12-17-11-10-16-14/h13-14H,2-12,15H2,1H3. The predicted molar refractivity (Wildman–Crippen MR) is 77.7 cm³/mol. The van der Waals surface area contributed by atoms with Gasteiger partial charge in [-0.15, -0.1) is 0 Å². The summed E-state index contributed by atoms with van der Waals surface area (Å²) in [6, 6.07) is 0.262. The molecule has 17 heavy (non-hydrogen) atoms. The molecule has 3 heteroatoms. The van der Waals surface area contributed by atoms with Gasteiger partial charge in [0.2, 0.25) is 0 Å². The van der Waals surface area contributed by atoms with Crippen LogP contribution < -0.4 is 5.73 Å². The summed E-state index contributed by atoms with van der Waals surface area (Å²) in [7, 11) is 0. The van der Waals surface area contributed by atoms with Crippen molar-refractivity contribution < 1.29 is 4.74 Å². The molecule has 2 atom stereocenters. The Labute approximate surface area is 111 Å². The summed E-state index contributed by atoms with van der Waals surface area (Å²) in [5.74, 6) is 2.23. The summed E-state index contributed by atoms with van der Waals surface area (Å²) < 4.78 is 5.70. The second kappa shape index (κ2) is 10.2. The first-order chi connectivity index (χ1) is 8.34. The Bertz CT molecular complexity index is 172. The van der Waals surface area contributed by atoms with Gasteiger partial charge >= 0.3 is 0 Å². The van der Waals surface area contributed by atoms with Gasteiger partial charge in [0.05, 0.1) is 12.7 Å². The lowest BCUT2D eigenvalue weighted by Crippen LogP contribution is -2.41. The van der Waals surface area contributed by atoms with E-state index in [4.69, 9.17) is 10.5 Å². The molecule has 0 spiro atoms. The van der Waals surface area contributed by atoms with Crippen molar-refractivity contribution in [3.8, 4) is 0 Å². The van der Waals surface area contributed by atoms with Crippen molar-refractivity contribution >= 4 is 11.8 Å². The molecule has 0 aromatic carbocycles. The van der Waals surface area contributed by atoms with Crippen LogP contribution in [0.1, 0.15) is 58.3 Å². The molecule has 1 rings (SSSR count). The van der Waals surface area contributed by atoms with Crippen LogP contribution >= 0.6 is 11.8 Å². The first kappa shape index (κ1) is 15.3. The van der Waals surface area contributed by atoms with Gasteiger partial charge in [0, 0.05) is 17.5 Å². The minimum absolute atomic E-state index is 0.262. The van der Waals surface area contributed by atoms with E-state index >= 15 is 0 Å². The topological polar surface area (TPSA) is 35.2 Å². The van der Waals surface area contributed by atoms with Crippen molar-refractivity contribution in [2.75, 3.05) is 18.1 Å². The fourth-order valence-electron chi connectivity index (χ4n) is 2.28. The summed E-state index contributed by atoms with van der Waals surface area (Å²) in [6.07, 6.45) is 11.0. The Morgan fingerprint density at radius 3 is 2.53 bits per heavy atom. The number of rotatable bonds is 9. The van der Waals surface area contributed by atoms with E-state index in [1.54, 1.807) is 0 Å². The summed E-state index contributed by atoms with van der Waals surface area (Å²) in [6.45, 7) is 3.15.